The van der Waals surface area contributed by atoms with E-state index in [0.29, 0.717) is 12.1 Å². The van der Waals surface area contributed by atoms with Crippen LogP contribution < -0.4 is 5.32 Å². The van der Waals surface area contributed by atoms with E-state index in [1.54, 1.807) is 12.1 Å². The molecule has 0 radical (unpaired) electrons. The van der Waals surface area contributed by atoms with E-state index in [9.17, 15) is 14.4 Å². The highest BCUT2D eigenvalue weighted by molar-refractivity contribution is 5.96. The maximum atomic E-state index is 12.5. The summed E-state index contributed by atoms with van der Waals surface area (Å²) in [6.07, 6.45) is 1.56. The summed E-state index contributed by atoms with van der Waals surface area (Å²) >= 11 is 0. The molecule has 0 aromatic heterocycles. The van der Waals surface area contributed by atoms with Gasteiger partial charge < -0.3 is 15.3 Å². The van der Waals surface area contributed by atoms with Gasteiger partial charge in [-0.05, 0) is 24.5 Å². The minimum atomic E-state index is -1.14. The van der Waals surface area contributed by atoms with Crippen LogP contribution in [0, 0.1) is 0 Å². The molecule has 0 spiro atoms. The van der Waals surface area contributed by atoms with Gasteiger partial charge in [0.25, 0.3) is 5.91 Å². The number of carbonyl (C=O) groups is 3. The molecule has 1 unspecified atom stereocenters. The van der Waals surface area contributed by atoms with E-state index in [0.717, 1.165) is 18.4 Å². The Morgan fingerprint density at radius 3 is 2.76 bits per heavy atom. The van der Waals surface area contributed by atoms with Gasteiger partial charge in [0.1, 0.15) is 6.04 Å². The lowest BCUT2D eigenvalue weighted by atomic mass is 10.0. The second-order valence-corrected chi connectivity index (χ2v) is 5.10. The quantitative estimate of drug-likeness (QED) is 0.853. The summed E-state index contributed by atoms with van der Waals surface area (Å²) in [5, 5.41) is 11.5. The van der Waals surface area contributed by atoms with E-state index in [1.807, 2.05) is 12.1 Å². The zero-order chi connectivity index (χ0) is 15.4. The van der Waals surface area contributed by atoms with Gasteiger partial charge >= 0.3 is 5.97 Å². The van der Waals surface area contributed by atoms with Crippen LogP contribution in [0.15, 0.2) is 24.3 Å². The summed E-state index contributed by atoms with van der Waals surface area (Å²) < 4.78 is 0. The van der Waals surface area contributed by atoms with Gasteiger partial charge in [-0.2, -0.15) is 0 Å². The first-order valence-corrected chi connectivity index (χ1v) is 6.86. The lowest BCUT2D eigenvalue weighted by Crippen LogP contribution is -2.49. The van der Waals surface area contributed by atoms with Crippen molar-refractivity contribution in [2.75, 3.05) is 13.1 Å². The number of hydrogen-bond donors (Lipinski definition) is 2. The molecule has 1 heterocycles. The van der Waals surface area contributed by atoms with E-state index < -0.39 is 17.9 Å². The number of carboxylic acids is 1. The van der Waals surface area contributed by atoms with Crippen LogP contribution in [0.4, 0.5) is 0 Å². The predicted molar refractivity (Wildman–Crippen MR) is 75.9 cm³/mol. The van der Waals surface area contributed by atoms with Gasteiger partial charge in [0.05, 0.1) is 6.54 Å². The molecular weight excluding hydrogens is 272 g/mol. The molecule has 0 saturated carbocycles. The Labute approximate surface area is 122 Å². The molecule has 2 rings (SSSR count). The van der Waals surface area contributed by atoms with Crippen LogP contribution in [0.1, 0.15) is 29.3 Å². The molecule has 0 bridgehead atoms. The van der Waals surface area contributed by atoms with Crippen molar-refractivity contribution >= 4 is 17.8 Å². The van der Waals surface area contributed by atoms with E-state index in [-0.39, 0.29) is 12.5 Å². The Morgan fingerprint density at radius 1 is 1.38 bits per heavy atom. The molecular formula is C15H18N2O4. The Morgan fingerprint density at radius 2 is 2.10 bits per heavy atom. The van der Waals surface area contributed by atoms with Crippen molar-refractivity contribution in [3.63, 3.8) is 0 Å². The van der Waals surface area contributed by atoms with Crippen LogP contribution in [0.5, 0.6) is 0 Å². The molecule has 1 atom stereocenters. The lowest BCUT2D eigenvalue weighted by molar-refractivity contribution is -0.141. The average Bonchev–Trinajstić information content (AvgIpc) is 2.58. The van der Waals surface area contributed by atoms with Crippen molar-refractivity contribution in [3.05, 3.63) is 35.4 Å². The maximum absolute atomic E-state index is 12.5. The Balaban J connectivity index is 2.18. The Bertz CT molecular complexity index is 571. The maximum Gasteiger partial charge on any atom is 0.328 e. The molecule has 2 N–H and O–H groups in total. The number of carbonyl (C=O) groups excluding carboxylic acids is 2. The van der Waals surface area contributed by atoms with E-state index in [1.165, 1.54) is 11.8 Å². The first-order valence-electron chi connectivity index (χ1n) is 6.86. The van der Waals surface area contributed by atoms with E-state index in [4.69, 9.17) is 5.11 Å². The van der Waals surface area contributed by atoms with Crippen molar-refractivity contribution in [3.8, 4) is 0 Å². The third-order valence-corrected chi connectivity index (χ3v) is 3.49. The van der Waals surface area contributed by atoms with Gasteiger partial charge in [-0.1, -0.05) is 18.2 Å². The van der Waals surface area contributed by atoms with Crippen LogP contribution in [0.3, 0.4) is 0 Å². The Kier molecular flexibility index (Phi) is 4.57. The Hall–Kier alpha value is -2.37. The third kappa shape index (κ3) is 3.59. The summed E-state index contributed by atoms with van der Waals surface area (Å²) in [7, 11) is 0. The second-order valence-electron chi connectivity index (χ2n) is 5.10. The average molecular weight is 290 g/mol. The first kappa shape index (κ1) is 15.0. The number of nitrogens with one attached hydrogen (secondary N) is 1. The molecule has 6 nitrogen and oxygen atoms in total. The van der Waals surface area contributed by atoms with E-state index >= 15 is 0 Å². The fourth-order valence-corrected chi connectivity index (χ4v) is 2.50. The van der Waals surface area contributed by atoms with Crippen molar-refractivity contribution in [1.29, 1.82) is 0 Å². The summed E-state index contributed by atoms with van der Waals surface area (Å²) in [5.74, 6) is -1.75. The normalized spacial score (nSPS) is 15.9. The first-order chi connectivity index (χ1) is 9.99. The smallest absolute Gasteiger partial charge is 0.328 e. The van der Waals surface area contributed by atoms with Gasteiger partial charge in [0.15, 0.2) is 0 Å². The number of fused-ring (bicyclic) bond motifs is 1. The number of rotatable bonds is 4. The second kappa shape index (κ2) is 6.39. The number of aryl methyl sites for hydroxylation is 1. The van der Waals surface area contributed by atoms with Gasteiger partial charge in [0.2, 0.25) is 5.91 Å². The molecule has 112 valence electrons. The third-order valence-electron chi connectivity index (χ3n) is 3.49. The molecule has 6 heteroatoms. The van der Waals surface area contributed by atoms with E-state index in [2.05, 4.69) is 5.32 Å². The number of carboxylic acid groups (broad SMARTS) is 1. The zero-order valence-corrected chi connectivity index (χ0v) is 11.8. The molecule has 1 aliphatic rings. The highest BCUT2D eigenvalue weighted by Gasteiger charge is 2.27. The number of nitrogens with zero attached hydrogens (tertiary/aromatic N) is 1. The largest absolute Gasteiger partial charge is 0.480 e. The summed E-state index contributed by atoms with van der Waals surface area (Å²) in [4.78, 5) is 36.3. The molecule has 0 fully saturated rings. The summed E-state index contributed by atoms with van der Waals surface area (Å²) in [6, 6.07) is 6.27. The monoisotopic (exact) mass is 290 g/mol. The van der Waals surface area contributed by atoms with Crippen molar-refractivity contribution in [2.24, 2.45) is 0 Å². The van der Waals surface area contributed by atoms with Gasteiger partial charge in [-0.25, -0.2) is 4.79 Å². The zero-order valence-electron chi connectivity index (χ0n) is 11.8. The predicted octanol–water partition coefficient (Wildman–Crippen LogP) is 0.664. The molecule has 1 aromatic rings. The molecule has 1 aliphatic heterocycles. The summed E-state index contributed by atoms with van der Waals surface area (Å²) in [5.41, 5.74) is 1.60. The van der Waals surface area contributed by atoms with Gasteiger partial charge in [-0.3, -0.25) is 9.59 Å². The minimum Gasteiger partial charge on any atom is -0.480 e. The minimum absolute atomic E-state index is 0.0257. The summed E-state index contributed by atoms with van der Waals surface area (Å²) in [6.45, 7) is 1.72. The van der Waals surface area contributed by atoms with Crippen LogP contribution in [-0.4, -0.2) is 46.9 Å². The molecule has 1 aromatic carbocycles. The van der Waals surface area contributed by atoms with Crippen LogP contribution in [-0.2, 0) is 16.0 Å². The molecule has 2 amide bonds. The van der Waals surface area contributed by atoms with Crippen molar-refractivity contribution in [1.82, 2.24) is 10.2 Å². The van der Waals surface area contributed by atoms with Crippen LogP contribution >= 0.6 is 0 Å². The molecule has 0 saturated heterocycles. The number of aliphatic carboxylic acids is 1. The fourth-order valence-electron chi connectivity index (χ4n) is 2.50. The standard InChI is InChI=1S/C15H18N2O4/c1-10(18)16-13(15(20)21)9-17-8-4-6-11-5-2-3-7-12(11)14(17)19/h2-3,5,7,13H,4,6,8-9H2,1H3,(H,16,18)(H,20,21). The van der Waals surface area contributed by atoms with Gasteiger partial charge in [0, 0.05) is 19.0 Å². The number of benzene rings is 1. The van der Waals surface area contributed by atoms with Crippen LogP contribution in [0.2, 0.25) is 0 Å². The topological polar surface area (TPSA) is 86.7 Å². The highest BCUT2D eigenvalue weighted by atomic mass is 16.4. The molecule has 21 heavy (non-hydrogen) atoms. The lowest BCUT2D eigenvalue weighted by Gasteiger charge is -2.25. The SMILES string of the molecule is CC(=O)NC(CN1CCCc2ccccc2C1=O)C(=O)O. The van der Waals surface area contributed by atoms with Gasteiger partial charge in [-0.15, -0.1) is 0 Å². The van der Waals surface area contributed by atoms with Crippen molar-refractivity contribution < 1.29 is 19.5 Å². The number of amides is 2. The van der Waals surface area contributed by atoms with Crippen molar-refractivity contribution in [2.45, 2.75) is 25.8 Å². The van der Waals surface area contributed by atoms with Crippen LogP contribution in [0.25, 0.3) is 0 Å². The number of hydrogen-bond acceptors (Lipinski definition) is 3. The fraction of sp³-hybridized carbons (Fsp3) is 0.400. The highest BCUT2D eigenvalue weighted by Crippen LogP contribution is 2.18. The molecule has 0 aliphatic carbocycles.